The second-order valence-corrected chi connectivity index (χ2v) is 7.42. The van der Waals surface area contributed by atoms with Gasteiger partial charge in [0.2, 0.25) is 0 Å². The zero-order valence-corrected chi connectivity index (χ0v) is 15.6. The molecule has 2 N–H and O–H groups in total. The fourth-order valence-corrected chi connectivity index (χ4v) is 3.84. The number of phenolic OH excluding ortho intramolecular Hbond substituents is 2. The van der Waals surface area contributed by atoms with E-state index >= 15 is 0 Å². The summed E-state index contributed by atoms with van der Waals surface area (Å²) in [4.78, 5) is 0. The van der Waals surface area contributed by atoms with Crippen LogP contribution in [0.2, 0.25) is 0 Å². The summed E-state index contributed by atoms with van der Waals surface area (Å²) in [5.74, 6) is -0.284. The molecule has 0 saturated carbocycles. The van der Waals surface area contributed by atoms with Crippen LogP contribution in [-0.2, 0) is 6.42 Å². The van der Waals surface area contributed by atoms with Crippen LogP contribution in [0.15, 0.2) is 35.9 Å². The minimum atomic E-state index is -2.15. The molecule has 0 saturated heterocycles. The van der Waals surface area contributed by atoms with Gasteiger partial charge in [0.25, 0.3) is 0 Å². The molecule has 0 aliphatic heterocycles. The molecule has 0 spiro atoms. The maximum atomic E-state index is 10.7. The van der Waals surface area contributed by atoms with E-state index in [1.54, 1.807) is 18.2 Å². The van der Waals surface area contributed by atoms with E-state index in [1.807, 2.05) is 6.92 Å². The number of hydrogen-bond donors (Lipinski definition) is 2. The first-order valence-corrected chi connectivity index (χ1v) is 9.56. The Balaban J connectivity index is 2.29. The van der Waals surface area contributed by atoms with Gasteiger partial charge in [0.15, 0.2) is 0 Å². The average molecular weight is 346 g/mol. The van der Waals surface area contributed by atoms with E-state index in [0.29, 0.717) is 24.0 Å². The first-order valence-electron chi connectivity index (χ1n) is 11.1. The molecule has 1 aromatic carbocycles. The monoisotopic (exact) mass is 345 g/mol. The Morgan fingerprint density at radius 2 is 1.88 bits per heavy atom. The van der Waals surface area contributed by atoms with Gasteiger partial charge >= 0.3 is 0 Å². The van der Waals surface area contributed by atoms with Crippen LogP contribution in [0.4, 0.5) is 0 Å². The summed E-state index contributed by atoms with van der Waals surface area (Å²) in [6.07, 6.45) is 9.49. The molecule has 2 heteroatoms. The summed E-state index contributed by atoms with van der Waals surface area (Å²) >= 11 is 0. The first kappa shape index (κ1) is 15.5. The Morgan fingerprint density at radius 3 is 2.48 bits per heavy atom. The fraction of sp³-hybridized carbons (Fsp3) is 0.565. The van der Waals surface area contributed by atoms with Gasteiger partial charge in [-0.25, -0.2) is 0 Å². The normalized spacial score (nSPS) is 22.6. The molecule has 1 aliphatic carbocycles. The summed E-state index contributed by atoms with van der Waals surface area (Å²) in [5, 5.41) is 21.4. The third-order valence-corrected chi connectivity index (χ3v) is 5.27. The highest BCUT2D eigenvalue weighted by molar-refractivity contribution is 5.51. The minimum Gasteiger partial charge on any atom is -0.507 e. The van der Waals surface area contributed by atoms with Crippen molar-refractivity contribution in [3.05, 3.63) is 47.1 Å². The van der Waals surface area contributed by atoms with E-state index in [0.717, 1.165) is 30.4 Å². The zero-order chi connectivity index (χ0) is 20.9. The third-order valence-electron chi connectivity index (χ3n) is 5.27. The Morgan fingerprint density at radius 1 is 1.20 bits per heavy atom. The van der Waals surface area contributed by atoms with Gasteiger partial charge in [-0.3, -0.25) is 0 Å². The van der Waals surface area contributed by atoms with Crippen molar-refractivity contribution in [1.29, 1.82) is 0 Å². The predicted molar refractivity (Wildman–Crippen MR) is 106 cm³/mol. The summed E-state index contributed by atoms with van der Waals surface area (Å²) < 4.78 is 23.2. The topological polar surface area (TPSA) is 40.5 Å². The highest BCUT2D eigenvalue weighted by atomic mass is 16.3. The summed E-state index contributed by atoms with van der Waals surface area (Å²) in [6, 6.07) is 3.45. The second kappa shape index (κ2) is 9.12. The van der Waals surface area contributed by atoms with Gasteiger partial charge in [-0.1, -0.05) is 56.4 Å². The van der Waals surface area contributed by atoms with Crippen LogP contribution >= 0.6 is 0 Å². The van der Waals surface area contributed by atoms with Crippen molar-refractivity contribution >= 4 is 0 Å². The number of rotatable bonds is 8. The van der Waals surface area contributed by atoms with Gasteiger partial charge < -0.3 is 10.2 Å². The van der Waals surface area contributed by atoms with Crippen molar-refractivity contribution in [1.82, 2.24) is 0 Å². The molecule has 0 bridgehead atoms. The van der Waals surface area contributed by atoms with Crippen LogP contribution < -0.4 is 0 Å². The molecule has 1 aliphatic rings. The quantitative estimate of drug-likeness (QED) is 0.410. The Bertz CT molecular complexity index is 696. The van der Waals surface area contributed by atoms with Crippen LogP contribution in [0, 0.1) is 5.92 Å². The Hall–Kier alpha value is -1.70. The molecule has 0 heterocycles. The molecule has 0 aromatic heterocycles. The number of unbranched alkanes of at least 4 members (excludes halogenated alkanes) is 4. The van der Waals surface area contributed by atoms with Crippen molar-refractivity contribution in [3.63, 3.8) is 0 Å². The number of allylic oxidation sites excluding steroid dienone is 3. The van der Waals surface area contributed by atoms with Crippen molar-refractivity contribution in [2.24, 2.45) is 5.92 Å². The molecular formula is C23H34O2. The molecular weight excluding hydrogens is 308 g/mol. The zero-order valence-electron chi connectivity index (χ0n) is 18.6. The fourth-order valence-electron chi connectivity index (χ4n) is 3.84. The number of aromatic hydroxyl groups is 2. The lowest BCUT2D eigenvalue weighted by Crippen LogP contribution is -2.17. The molecule has 2 atom stereocenters. The van der Waals surface area contributed by atoms with Crippen LogP contribution in [0.5, 0.6) is 11.5 Å². The van der Waals surface area contributed by atoms with Crippen LogP contribution in [0.3, 0.4) is 0 Å². The summed E-state index contributed by atoms with van der Waals surface area (Å²) in [6.45, 7) is 6.01. The van der Waals surface area contributed by atoms with Crippen molar-refractivity contribution in [2.45, 2.75) is 78.0 Å². The SMILES string of the molecule is [2H]C([2H])([2H])C1=C[C@H](c2c(O)cc(CCCCCCC)cc2O)[C@@H](C(=C)C)CC1. The minimum absolute atomic E-state index is 0.00259. The molecule has 25 heavy (non-hydrogen) atoms. The second-order valence-electron chi connectivity index (χ2n) is 7.42. The molecule has 1 aromatic rings. The predicted octanol–water partition coefficient (Wildman–Crippen LogP) is 6.63. The van der Waals surface area contributed by atoms with Gasteiger partial charge in [0, 0.05) is 15.6 Å². The number of aryl methyl sites for hydroxylation is 1. The third kappa shape index (κ3) is 5.14. The van der Waals surface area contributed by atoms with Crippen molar-refractivity contribution in [3.8, 4) is 11.5 Å². The smallest absolute Gasteiger partial charge is 0.123 e. The van der Waals surface area contributed by atoms with E-state index < -0.39 is 6.85 Å². The van der Waals surface area contributed by atoms with E-state index in [4.69, 9.17) is 4.11 Å². The molecule has 138 valence electrons. The van der Waals surface area contributed by atoms with Gasteiger partial charge in [-0.2, -0.15) is 0 Å². The average Bonchev–Trinajstić information content (AvgIpc) is 2.60. The lowest BCUT2D eigenvalue weighted by molar-refractivity contribution is 0.406. The molecule has 0 unspecified atom stereocenters. The first-order chi connectivity index (χ1) is 13.1. The van der Waals surface area contributed by atoms with Gasteiger partial charge in [-0.15, -0.1) is 0 Å². The summed E-state index contributed by atoms with van der Waals surface area (Å²) in [5.41, 5.74) is 2.67. The summed E-state index contributed by atoms with van der Waals surface area (Å²) in [7, 11) is 0. The standard InChI is InChI=1S/C23H34O2/c1-5-6-7-8-9-10-18-14-21(24)23(22(25)15-18)20-13-17(4)11-12-19(20)16(2)3/h13-15,19-20,24-25H,2,5-12H2,1,3-4H3/t19-,20+/m1/s1/i4D3. The van der Waals surface area contributed by atoms with E-state index in [2.05, 4.69) is 13.5 Å². The number of phenols is 2. The lowest BCUT2D eigenvalue weighted by atomic mass is 9.73. The van der Waals surface area contributed by atoms with E-state index in [9.17, 15) is 10.2 Å². The molecule has 2 nitrogen and oxygen atoms in total. The maximum Gasteiger partial charge on any atom is 0.123 e. The van der Waals surface area contributed by atoms with Gasteiger partial charge in [0.05, 0.1) is 0 Å². The van der Waals surface area contributed by atoms with Gasteiger partial charge in [0.1, 0.15) is 11.5 Å². The van der Waals surface area contributed by atoms with Crippen LogP contribution in [-0.4, -0.2) is 10.2 Å². The molecule has 0 fully saturated rings. The number of hydrogen-bond acceptors (Lipinski definition) is 2. The van der Waals surface area contributed by atoms with E-state index in [1.165, 1.54) is 19.3 Å². The van der Waals surface area contributed by atoms with Crippen LogP contribution in [0.25, 0.3) is 0 Å². The van der Waals surface area contributed by atoms with E-state index in [-0.39, 0.29) is 23.3 Å². The highest BCUT2D eigenvalue weighted by Gasteiger charge is 2.30. The maximum absolute atomic E-state index is 10.7. The van der Waals surface area contributed by atoms with Crippen LogP contribution in [0.1, 0.15) is 86.8 Å². The molecule has 0 radical (unpaired) electrons. The largest absolute Gasteiger partial charge is 0.507 e. The lowest BCUT2D eigenvalue weighted by Gasteiger charge is -2.31. The van der Waals surface area contributed by atoms with Gasteiger partial charge in [-0.05, 0) is 63.1 Å². The molecule has 0 amide bonds. The molecule has 2 rings (SSSR count). The Labute approximate surface area is 157 Å². The number of benzene rings is 1. The Kier molecular flexibility index (Phi) is 5.67. The highest BCUT2D eigenvalue weighted by Crippen LogP contribution is 2.46. The van der Waals surface area contributed by atoms with Crippen molar-refractivity contribution in [2.75, 3.05) is 0 Å². The van der Waals surface area contributed by atoms with Crippen molar-refractivity contribution < 1.29 is 14.3 Å².